The number of rotatable bonds is 7. The van der Waals surface area contributed by atoms with Crippen LogP contribution >= 0.6 is 11.6 Å². The van der Waals surface area contributed by atoms with E-state index in [4.69, 9.17) is 21.1 Å². The lowest BCUT2D eigenvalue weighted by Gasteiger charge is -2.12. The van der Waals surface area contributed by atoms with Crippen molar-refractivity contribution in [1.82, 2.24) is 0 Å². The Morgan fingerprint density at radius 1 is 1.52 bits per heavy atom. The van der Waals surface area contributed by atoms with Gasteiger partial charge in [-0.3, -0.25) is 4.79 Å². The van der Waals surface area contributed by atoms with Crippen molar-refractivity contribution >= 4 is 23.2 Å². The summed E-state index contributed by atoms with van der Waals surface area (Å²) in [6.45, 7) is 3.35. The van der Waals surface area contributed by atoms with Gasteiger partial charge in [0.1, 0.15) is 5.75 Å². The van der Waals surface area contributed by atoms with E-state index >= 15 is 0 Å². The molecule has 21 heavy (non-hydrogen) atoms. The highest BCUT2D eigenvalue weighted by molar-refractivity contribution is 6.17. The summed E-state index contributed by atoms with van der Waals surface area (Å²) in [7, 11) is 0. The predicted molar refractivity (Wildman–Crippen MR) is 84.0 cm³/mol. The fraction of sp³-hybridized carbons (Fsp3) is 0.562. The van der Waals surface area contributed by atoms with Gasteiger partial charge in [-0.25, -0.2) is 0 Å². The molecule has 0 aromatic heterocycles. The zero-order chi connectivity index (χ0) is 15.1. The molecule has 1 unspecified atom stereocenters. The maximum absolute atomic E-state index is 11.9. The summed E-state index contributed by atoms with van der Waals surface area (Å²) in [5.74, 6) is 1.13. The topological polar surface area (TPSA) is 47.6 Å². The van der Waals surface area contributed by atoms with Crippen molar-refractivity contribution in [3.63, 3.8) is 0 Å². The smallest absolute Gasteiger partial charge is 0.224 e. The minimum atomic E-state index is 0.00943. The Morgan fingerprint density at radius 3 is 3.05 bits per heavy atom. The Kier molecular flexibility index (Phi) is 6.33. The van der Waals surface area contributed by atoms with Crippen molar-refractivity contribution in [2.45, 2.75) is 44.6 Å². The van der Waals surface area contributed by atoms with Gasteiger partial charge in [0.25, 0.3) is 0 Å². The van der Waals surface area contributed by atoms with E-state index in [1.165, 1.54) is 0 Å². The summed E-state index contributed by atoms with van der Waals surface area (Å²) in [6, 6.07) is 5.55. The van der Waals surface area contributed by atoms with Crippen LogP contribution in [0.4, 0.5) is 5.69 Å². The first-order valence-electron chi connectivity index (χ1n) is 7.46. The molecule has 1 amide bonds. The maximum atomic E-state index is 11.9. The average Bonchev–Trinajstić information content (AvgIpc) is 3.00. The first kappa shape index (κ1) is 16.1. The summed E-state index contributed by atoms with van der Waals surface area (Å²) < 4.78 is 11.0. The highest BCUT2D eigenvalue weighted by atomic mass is 35.5. The maximum Gasteiger partial charge on any atom is 0.224 e. The number of halogens is 1. The van der Waals surface area contributed by atoms with Crippen LogP contribution in [0, 0.1) is 0 Å². The fourth-order valence-electron chi connectivity index (χ4n) is 2.45. The van der Waals surface area contributed by atoms with E-state index in [0.29, 0.717) is 18.9 Å². The number of amides is 1. The molecule has 116 valence electrons. The van der Waals surface area contributed by atoms with E-state index in [9.17, 15) is 4.79 Å². The number of hydrogen-bond acceptors (Lipinski definition) is 3. The monoisotopic (exact) mass is 311 g/mol. The number of carbonyl (C=O) groups excluding carboxylic acids is 1. The van der Waals surface area contributed by atoms with Crippen LogP contribution in [0.1, 0.15) is 38.2 Å². The molecule has 1 aliphatic heterocycles. The van der Waals surface area contributed by atoms with Gasteiger partial charge < -0.3 is 14.8 Å². The Hall–Kier alpha value is -1.26. The molecule has 0 radical (unpaired) electrons. The van der Waals surface area contributed by atoms with E-state index in [1.807, 2.05) is 25.1 Å². The molecule has 1 saturated heterocycles. The standard InChI is InChI=1S/C16H22ClNO3/c1-2-20-15-7-5-13(10-12(15)11-17)18-16(19)8-6-14-4-3-9-21-14/h5,7,10,14H,2-4,6,8-9,11H2,1H3,(H,18,19). The van der Waals surface area contributed by atoms with Crippen LogP contribution in [0.2, 0.25) is 0 Å². The Morgan fingerprint density at radius 2 is 2.38 bits per heavy atom. The molecule has 1 atom stereocenters. The van der Waals surface area contributed by atoms with Crippen LogP contribution in [0.15, 0.2) is 18.2 Å². The van der Waals surface area contributed by atoms with E-state index < -0.39 is 0 Å². The van der Waals surface area contributed by atoms with Crippen molar-refractivity contribution < 1.29 is 14.3 Å². The first-order chi connectivity index (χ1) is 10.2. The van der Waals surface area contributed by atoms with Crippen LogP contribution in [0.3, 0.4) is 0 Å². The summed E-state index contributed by atoms with van der Waals surface area (Å²) in [4.78, 5) is 11.9. The molecule has 2 rings (SSSR count). The second kappa shape index (κ2) is 8.25. The zero-order valence-electron chi connectivity index (χ0n) is 12.4. The van der Waals surface area contributed by atoms with E-state index in [2.05, 4.69) is 5.32 Å². The number of carbonyl (C=O) groups is 1. The van der Waals surface area contributed by atoms with Crippen molar-refractivity contribution in [3.05, 3.63) is 23.8 Å². The third kappa shape index (κ3) is 4.90. The van der Waals surface area contributed by atoms with Gasteiger partial charge in [-0.15, -0.1) is 11.6 Å². The van der Waals surface area contributed by atoms with Crippen molar-refractivity contribution in [3.8, 4) is 5.75 Å². The predicted octanol–water partition coefficient (Wildman–Crippen LogP) is 3.72. The molecule has 1 N–H and O–H groups in total. The van der Waals surface area contributed by atoms with Gasteiger partial charge in [0.2, 0.25) is 5.91 Å². The molecule has 0 saturated carbocycles. The molecule has 1 aromatic rings. The molecule has 1 heterocycles. The number of anilines is 1. The van der Waals surface area contributed by atoms with Gasteiger partial charge in [-0.05, 0) is 44.4 Å². The number of benzene rings is 1. The molecule has 4 nitrogen and oxygen atoms in total. The normalized spacial score (nSPS) is 17.7. The third-order valence-electron chi connectivity index (χ3n) is 3.51. The SMILES string of the molecule is CCOc1ccc(NC(=O)CCC2CCCO2)cc1CCl. The summed E-state index contributed by atoms with van der Waals surface area (Å²) in [5, 5.41) is 2.90. The molecule has 0 bridgehead atoms. The molecule has 0 aliphatic carbocycles. The van der Waals surface area contributed by atoms with Crippen molar-refractivity contribution in [2.24, 2.45) is 0 Å². The lowest BCUT2D eigenvalue weighted by Crippen LogP contribution is -2.15. The lowest BCUT2D eigenvalue weighted by atomic mass is 10.1. The van der Waals surface area contributed by atoms with Gasteiger partial charge in [-0.2, -0.15) is 0 Å². The summed E-state index contributed by atoms with van der Waals surface area (Å²) >= 11 is 5.91. The second-order valence-corrected chi connectivity index (χ2v) is 5.38. The van der Waals surface area contributed by atoms with E-state index in [1.54, 1.807) is 0 Å². The van der Waals surface area contributed by atoms with E-state index in [-0.39, 0.29) is 12.0 Å². The highest BCUT2D eigenvalue weighted by Crippen LogP contribution is 2.25. The molecule has 0 spiro atoms. The van der Waals surface area contributed by atoms with Crippen LogP contribution in [-0.4, -0.2) is 25.2 Å². The van der Waals surface area contributed by atoms with Gasteiger partial charge in [0, 0.05) is 24.3 Å². The average molecular weight is 312 g/mol. The Bertz CT molecular complexity index is 473. The number of nitrogens with one attached hydrogen (secondary N) is 1. The Balaban J connectivity index is 1.87. The molecular formula is C16H22ClNO3. The number of ether oxygens (including phenoxy) is 2. The Labute approximate surface area is 130 Å². The van der Waals surface area contributed by atoms with Gasteiger partial charge in [0.15, 0.2) is 0 Å². The minimum Gasteiger partial charge on any atom is -0.494 e. The van der Waals surface area contributed by atoms with Crippen molar-refractivity contribution in [1.29, 1.82) is 0 Å². The van der Waals surface area contributed by atoms with Crippen molar-refractivity contribution in [2.75, 3.05) is 18.5 Å². The second-order valence-electron chi connectivity index (χ2n) is 5.11. The largest absolute Gasteiger partial charge is 0.494 e. The van der Waals surface area contributed by atoms with Crippen LogP contribution < -0.4 is 10.1 Å². The van der Waals surface area contributed by atoms with Gasteiger partial charge in [0.05, 0.1) is 18.6 Å². The van der Waals surface area contributed by atoms with Crippen LogP contribution in [0.25, 0.3) is 0 Å². The minimum absolute atomic E-state index is 0.00943. The fourth-order valence-corrected chi connectivity index (χ4v) is 2.65. The molecule has 5 heteroatoms. The van der Waals surface area contributed by atoms with Gasteiger partial charge >= 0.3 is 0 Å². The summed E-state index contributed by atoms with van der Waals surface area (Å²) in [5.41, 5.74) is 1.64. The molecule has 1 aromatic carbocycles. The van der Waals surface area contributed by atoms with Crippen LogP contribution in [0.5, 0.6) is 5.75 Å². The molecule has 1 fully saturated rings. The zero-order valence-corrected chi connectivity index (χ0v) is 13.1. The highest BCUT2D eigenvalue weighted by Gasteiger charge is 2.16. The first-order valence-corrected chi connectivity index (χ1v) is 7.99. The molecule has 1 aliphatic rings. The summed E-state index contributed by atoms with van der Waals surface area (Å²) in [6.07, 6.45) is 3.67. The van der Waals surface area contributed by atoms with Crippen LogP contribution in [-0.2, 0) is 15.4 Å². The molecular weight excluding hydrogens is 290 g/mol. The van der Waals surface area contributed by atoms with E-state index in [0.717, 1.165) is 42.9 Å². The number of alkyl halides is 1. The third-order valence-corrected chi connectivity index (χ3v) is 3.79. The number of hydrogen-bond donors (Lipinski definition) is 1. The lowest BCUT2D eigenvalue weighted by molar-refractivity contribution is -0.116. The van der Waals surface area contributed by atoms with Gasteiger partial charge in [-0.1, -0.05) is 0 Å². The quantitative estimate of drug-likeness (QED) is 0.781.